The Morgan fingerprint density at radius 1 is 1.28 bits per heavy atom. The molecule has 0 saturated carbocycles. The monoisotopic (exact) mass is 364 g/mol. The van der Waals surface area contributed by atoms with Crippen molar-refractivity contribution in [1.29, 1.82) is 5.26 Å². The lowest BCUT2D eigenvalue weighted by Crippen LogP contribution is -2.37. The van der Waals surface area contributed by atoms with Gasteiger partial charge < -0.3 is 5.32 Å². The number of halogens is 6. The average Bonchev–Trinajstić information content (AvgIpc) is 2.88. The van der Waals surface area contributed by atoms with Crippen LogP contribution in [-0.4, -0.2) is 35.9 Å². The van der Waals surface area contributed by atoms with Crippen molar-refractivity contribution in [2.24, 2.45) is 5.10 Å². The predicted molar refractivity (Wildman–Crippen MR) is 74.4 cm³/mol. The molecule has 0 spiro atoms. The molecule has 1 atom stereocenters. The number of likely N-dealkylation sites (N-methyl/N-ethyl adjacent to an activating group) is 1. The molecule has 1 amide bonds. The molecule has 11 heteroatoms. The number of anilines is 1. The molecule has 25 heavy (non-hydrogen) atoms. The molecule has 134 valence electrons. The number of nitrogens with one attached hydrogen (secondary N) is 1. The molecule has 1 heterocycles. The number of benzene rings is 1. The van der Waals surface area contributed by atoms with Gasteiger partial charge in [-0.1, -0.05) is 0 Å². The van der Waals surface area contributed by atoms with Crippen LogP contribution in [0.2, 0.25) is 0 Å². The average molecular weight is 364 g/mol. The maximum absolute atomic E-state index is 12.9. The standard InChI is InChI=1S/C14H10F6N4O/c1-24-10(5-11(23-24)14(18,19)20)12(25)22-8-3-2-7(6-21)9(4-8)13(15,16)17/h2-4,10H,5H2,1H3,(H,22,25)/t10-/m1/s1. The zero-order chi connectivity index (χ0) is 19.0. The van der Waals surface area contributed by atoms with Gasteiger partial charge in [0.15, 0.2) is 0 Å². The van der Waals surface area contributed by atoms with E-state index in [0.717, 1.165) is 24.2 Å². The van der Waals surface area contributed by atoms with Crippen molar-refractivity contribution >= 4 is 17.3 Å². The molecule has 0 fully saturated rings. The quantitative estimate of drug-likeness (QED) is 0.820. The minimum atomic E-state index is -4.82. The molecule has 5 nitrogen and oxygen atoms in total. The zero-order valence-corrected chi connectivity index (χ0v) is 12.5. The molecule has 0 saturated heterocycles. The second-order valence-corrected chi connectivity index (χ2v) is 5.20. The summed E-state index contributed by atoms with van der Waals surface area (Å²) >= 11 is 0. The summed E-state index contributed by atoms with van der Waals surface area (Å²) in [6.07, 6.45) is -10.2. The van der Waals surface area contributed by atoms with E-state index >= 15 is 0 Å². The topological polar surface area (TPSA) is 68.5 Å². The molecule has 0 aromatic heterocycles. The van der Waals surface area contributed by atoms with Gasteiger partial charge in [0.2, 0.25) is 5.91 Å². The first-order valence-electron chi connectivity index (χ1n) is 6.73. The summed E-state index contributed by atoms with van der Waals surface area (Å²) in [6, 6.07) is 2.56. The number of rotatable bonds is 2. The molecule has 1 aromatic rings. The summed E-state index contributed by atoms with van der Waals surface area (Å²) in [7, 11) is 1.16. The molecule has 1 N–H and O–H groups in total. The second kappa shape index (κ2) is 6.27. The van der Waals surface area contributed by atoms with E-state index in [0.29, 0.717) is 6.07 Å². The van der Waals surface area contributed by atoms with Gasteiger partial charge in [-0.25, -0.2) is 0 Å². The van der Waals surface area contributed by atoms with Gasteiger partial charge in [-0.3, -0.25) is 9.80 Å². The zero-order valence-electron chi connectivity index (χ0n) is 12.5. The molecule has 0 unspecified atom stereocenters. The summed E-state index contributed by atoms with van der Waals surface area (Å²) in [5, 5.41) is 14.8. The van der Waals surface area contributed by atoms with E-state index in [1.165, 1.54) is 6.07 Å². The summed E-state index contributed by atoms with van der Waals surface area (Å²) in [5.41, 5.74) is -3.32. The minimum Gasteiger partial charge on any atom is -0.324 e. The van der Waals surface area contributed by atoms with Crippen LogP contribution in [0.25, 0.3) is 0 Å². The van der Waals surface area contributed by atoms with Crippen LogP contribution in [0.15, 0.2) is 23.3 Å². The number of carbonyl (C=O) groups is 1. The van der Waals surface area contributed by atoms with Gasteiger partial charge in [0.05, 0.1) is 17.2 Å². The number of carbonyl (C=O) groups excluding carboxylic acids is 1. The number of amides is 1. The Hall–Kier alpha value is -2.77. The molecular weight excluding hydrogens is 354 g/mol. The SMILES string of the molecule is CN1N=C(C(F)(F)F)C[C@@H]1C(=O)Nc1ccc(C#N)c(C(F)(F)F)c1. The van der Waals surface area contributed by atoms with Crippen LogP contribution in [0, 0.1) is 11.3 Å². The van der Waals surface area contributed by atoms with Crippen LogP contribution in [0.5, 0.6) is 0 Å². The first kappa shape index (κ1) is 18.6. The van der Waals surface area contributed by atoms with Gasteiger partial charge in [-0.05, 0) is 18.2 Å². The fourth-order valence-electron chi connectivity index (χ4n) is 2.23. The fourth-order valence-corrected chi connectivity index (χ4v) is 2.23. The molecule has 0 bridgehead atoms. The van der Waals surface area contributed by atoms with Crippen molar-refractivity contribution in [1.82, 2.24) is 5.01 Å². The number of hydrogen-bond acceptors (Lipinski definition) is 4. The van der Waals surface area contributed by atoms with Crippen molar-refractivity contribution < 1.29 is 31.1 Å². The third kappa shape index (κ3) is 4.01. The van der Waals surface area contributed by atoms with Crippen molar-refractivity contribution in [3.8, 4) is 6.07 Å². The Morgan fingerprint density at radius 3 is 2.40 bits per heavy atom. The van der Waals surface area contributed by atoms with Gasteiger partial charge in [0.25, 0.3) is 0 Å². The maximum Gasteiger partial charge on any atom is 0.431 e. The molecule has 0 aliphatic carbocycles. The van der Waals surface area contributed by atoms with E-state index in [1.54, 1.807) is 0 Å². The van der Waals surface area contributed by atoms with E-state index in [1.807, 2.05) is 0 Å². The predicted octanol–water partition coefficient (Wildman–Crippen LogP) is 3.14. The largest absolute Gasteiger partial charge is 0.431 e. The van der Waals surface area contributed by atoms with Crippen molar-refractivity contribution in [3.05, 3.63) is 29.3 Å². The maximum atomic E-state index is 12.9. The van der Waals surface area contributed by atoms with Gasteiger partial charge >= 0.3 is 12.4 Å². The van der Waals surface area contributed by atoms with Gasteiger partial charge in [-0.2, -0.15) is 36.7 Å². The molecule has 2 rings (SSSR count). The summed E-state index contributed by atoms with van der Waals surface area (Å²) < 4.78 is 76.5. The minimum absolute atomic E-state index is 0.287. The normalized spacial score (nSPS) is 17.9. The smallest absolute Gasteiger partial charge is 0.324 e. The lowest BCUT2D eigenvalue weighted by atomic mass is 10.1. The van der Waals surface area contributed by atoms with E-state index in [-0.39, 0.29) is 5.69 Å². The first-order valence-corrected chi connectivity index (χ1v) is 6.73. The van der Waals surface area contributed by atoms with Crippen molar-refractivity contribution in [2.75, 3.05) is 12.4 Å². The van der Waals surface area contributed by atoms with E-state index < -0.39 is 47.6 Å². The number of nitrogens with zero attached hydrogens (tertiary/aromatic N) is 3. The lowest BCUT2D eigenvalue weighted by Gasteiger charge is -2.18. The van der Waals surface area contributed by atoms with Crippen LogP contribution >= 0.6 is 0 Å². The van der Waals surface area contributed by atoms with Crippen molar-refractivity contribution in [2.45, 2.75) is 24.8 Å². The van der Waals surface area contributed by atoms with Crippen LogP contribution < -0.4 is 5.32 Å². The van der Waals surface area contributed by atoms with E-state index in [2.05, 4.69) is 10.4 Å². The van der Waals surface area contributed by atoms with E-state index in [9.17, 15) is 31.1 Å². The molecule has 1 aromatic carbocycles. The van der Waals surface area contributed by atoms with Gasteiger partial charge in [0.1, 0.15) is 11.8 Å². The molecule has 0 radical (unpaired) electrons. The van der Waals surface area contributed by atoms with Gasteiger partial charge in [-0.15, -0.1) is 0 Å². The molecular formula is C14H10F6N4O. The number of hydrogen-bond donors (Lipinski definition) is 1. The van der Waals surface area contributed by atoms with Crippen LogP contribution in [0.3, 0.4) is 0 Å². The first-order chi connectivity index (χ1) is 11.4. The highest BCUT2D eigenvalue weighted by molar-refractivity contribution is 6.01. The lowest BCUT2D eigenvalue weighted by molar-refractivity contribution is -0.137. The molecule has 1 aliphatic heterocycles. The second-order valence-electron chi connectivity index (χ2n) is 5.20. The van der Waals surface area contributed by atoms with Crippen LogP contribution in [0.4, 0.5) is 32.0 Å². The Bertz CT molecular complexity index is 762. The van der Waals surface area contributed by atoms with Crippen LogP contribution in [0.1, 0.15) is 17.5 Å². The van der Waals surface area contributed by atoms with Crippen LogP contribution in [-0.2, 0) is 11.0 Å². The third-order valence-electron chi connectivity index (χ3n) is 3.46. The number of alkyl halides is 6. The Kier molecular flexibility index (Phi) is 4.66. The Balaban J connectivity index is 2.19. The highest BCUT2D eigenvalue weighted by atomic mass is 19.4. The summed E-state index contributed by atoms with van der Waals surface area (Å²) in [4.78, 5) is 12.1. The van der Waals surface area contributed by atoms with E-state index in [4.69, 9.17) is 5.26 Å². The Morgan fingerprint density at radius 2 is 1.92 bits per heavy atom. The van der Waals surface area contributed by atoms with Gasteiger partial charge in [0, 0.05) is 19.2 Å². The number of hydrazone groups is 1. The van der Waals surface area contributed by atoms with Crippen molar-refractivity contribution in [3.63, 3.8) is 0 Å². The molecule has 1 aliphatic rings. The highest BCUT2D eigenvalue weighted by Gasteiger charge is 2.44. The summed E-state index contributed by atoms with van der Waals surface area (Å²) in [6.45, 7) is 0. The number of nitriles is 1. The fraction of sp³-hybridized carbons (Fsp3) is 0.357. The highest BCUT2D eigenvalue weighted by Crippen LogP contribution is 2.34. The third-order valence-corrected chi connectivity index (χ3v) is 3.46. The summed E-state index contributed by atoms with van der Waals surface area (Å²) in [5.74, 6) is -0.941. The Labute approximate surface area is 137 Å².